The van der Waals surface area contributed by atoms with Gasteiger partial charge in [0.1, 0.15) is 28.5 Å². The molecule has 11 nitrogen and oxygen atoms in total. The number of carboxylic acid groups (broad SMARTS) is 1. The number of H-pyrrole nitrogens is 1. The number of carboxylic acids is 1. The predicted molar refractivity (Wildman–Crippen MR) is 132 cm³/mol. The number of pyridine rings is 2. The quantitative estimate of drug-likeness (QED) is 0.215. The van der Waals surface area contributed by atoms with Crippen LogP contribution in [0, 0.1) is 0 Å². The summed E-state index contributed by atoms with van der Waals surface area (Å²) in [5, 5.41) is 16.3. The third-order valence-corrected chi connectivity index (χ3v) is 8.09. The first-order valence-corrected chi connectivity index (χ1v) is 12.3. The van der Waals surface area contributed by atoms with E-state index in [1.54, 1.807) is 56.3 Å². The van der Waals surface area contributed by atoms with Gasteiger partial charge >= 0.3 is 29.6 Å². The van der Waals surface area contributed by atoms with Crippen molar-refractivity contribution in [2.75, 3.05) is 0 Å². The summed E-state index contributed by atoms with van der Waals surface area (Å²) in [5.74, 6) is -3.38. The molecule has 3 amide bonds. The van der Waals surface area contributed by atoms with Gasteiger partial charge in [-0.25, -0.2) is 0 Å². The Morgan fingerprint density at radius 3 is 2.53 bits per heavy atom. The Morgan fingerprint density at radius 2 is 1.84 bits per heavy atom. The first kappa shape index (κ1) is 27.8. The number of nitrogens with zero attached hydrogens (tertiary/aromatic N) is 2. The van der Waals surface area contributed by atoms with Crippen LogP contribution in [0.1, 0.15) is 35.8 Å². The molecule has 0 spiro atoms. The maximum absolute atomic E-state index is 13.4. The molecule has 2 saturated heterocycles. The number of carbonyl (C=O) groups excluding carboxylic acids is 4. The molecule has 4 atom stereocenters. The minimum absolute atomic E-state index is 0. The van der Waals surface area contributed by atoms with E-state index >= 15 is 0 Å². The zero-order valence-corrected chi connectivity index (χ0v) is 23.6. The van der Waals surface area contributed by atoms with Crippen LogP contribution in [0.5, 0.6) is 0 Å². The van der Waals surface area contributed by atoms with E-state index in [4.69, 9.17) is 0 Å². The van der Waals surface area contributed by atoms with Crippen LogP contribution < -0.4 is 50.7 Å². The Morgan fingerprint density at radius 1 is 1.13 bits per heavy atom. The molecular weight excluding hydrogens is 521 g/mol. The van der Waals surface area contributed by atoms with E-state index in [2.05, 4.69) is 20.6 Å². The van der Waals surface area contributed by atoms with Crippen LogP contribution in [0.15, 0.2) is 59.7 Å². The van der Waals surface area contributed by atoms with Crippen molar-refractivity contribution in [3.8, 4) is 0 Å². The second-order valence-electron chi connectivity index (χ2n) is 9.31. The molecule has 0 aliphatic carbocycles. The van der Waals surface area contributed by atoms with Gasteiger partial charge in [0.15, 0.2) is 0 Å². The van der Waals surface area contributed by atoms with Crippen molar-refractivity contribution >= 4 is 46.5 Å². The van der Waals surface area contributed by atoms with E-state index in [0.29, 0.717) is 11.1 Å². The van der Waals surface area contributed by atoms with Crippen molar-refractivity contribution in [2.45, 2.75) is 42.1 Å². The molecule has 0 unspecified atom stereocenters. The second-order valence-corrected chi connectivity index (χ2v) is 11.1. The number of benzene rings is 1. The Balaban J connectivity index is 0.00000336. The van der Waals surface area contributed by atoms with Crippen molar-refractivity contribution in [2.24, 2.45) is 0 Å². The monoisotopic (exact) mass is 543 g/mol. The molecule has 2 aliphatic rings. The van der Waals surface area contributed by atoms with Gasteiger partial charge in [0.2, 0.25) is 17.2 Å². The number of nitrogens with one attached hydrogen (secondary N) is 3. The van der Waals surface area contributed by atoms with Gasteiger partial charge in [-0.2, -0.15) is 0 Å². The molecule has 0 bridgehead atoms. The first-order valence-electron chi connectivity index (χ1n) is 11.4. The standard InChI is InChI=1S/C25H23N5O6S.Na/c1-25(2)19(24(35)36)30-22(34)17(23(30)37-25)29-21(33)15(12-7-4-3-5-8-12)28-20(32)13-11-27-14-9-6-10-26-16(14)18(13)31;/h3-11,15,17,19,23H,1-2H3,(H,27,31)(H,28,32)(H,29,33)(H,35,36);/q;+1/p-1/t15-,17-,19+,23-;/m1./s1. The van der Waals surface area contributed by atoms with Crippen molar-refractivity contribution in [1.82, 2.24) is 25.5 Å². The molecule has 3 aromatic rings. The third kappa shape index (κ3) is 4.73. The molecule has 3 N–H and O–H groups in total. The van der Waals surface area contributed by atoms with Gasteiger partial charge in [0, 0.05) is 17.1 Å². The fourth-order valence-electron chi connectivity index (χ4n) is 4.73. The van der Waals surface area contributed by atoms with E-state index in [0.717, 1.165) is 0 Å². The number of fused-ring (bicyclic) bond motifs is 2. The summed E-state index contributed by atoms with van der Waals surface area (Å²) in [6, 6.07) is 8.34. The number of amides is 3. The summed E-state index contributed by atoms with van der Waals surface area (Å²) in [7, 11) is 0. The summed E-state index contributed by atoms with van der Waals surface area (Å²) in [5.41, 5.74) is 0.150. The largest absolute Gasteiger partial charge is 1.00 e. The number of hydrogen-bond donors (Lipinski definition) is 3. The molecule has 2 fully saturated rings. The van der Waals surface area contributed by atoms with Crippen LogP contribution >= 0.6 is 11.8 Å². The van der Waals surface area contributed by atoms with Crippen molar-refractivity contribution < 1.29 is 53.8 Å². The molecule has 4 heterocycles. The van der Waals surface area contributed by atoms with Crippen LogP contribution in [-0.4, -0.2) is 60.8 Å². The Kier molecular flexibility index (Phi) is 7.71. The smallest absolute Gasteiger partial charge is 0.548 e. The van der Waals surface area contributed by atoms with E-state index < -0.39 is 57.4 Å². The van der Waals surface area contributed by atoms with Gasteiger partial charge in [-0.05, 0) is 31.5 Å². The van der Waals surface area contributed by atoms with E-state index in [1.807, 2.05) is 0 Å². The van der Waals surface area contributed by atoms with E-state index in [9.17, 15) is 29.1 Å². The maximum Gasteiger partial charge on any atom is 1.00 e. The summed E-state index contributed by atoms with van der Waals surface area (Å²) < 4.78 is -0.809. The Bertz CT molecular complexity index is 1500. The number of carbonyl (C=O) groups is 4. The zero-order chi connectivity index (χ0) is 26.5. The van der Waals surface area contributed by atoms with Crippen LogP contribution in [0.25, 0.3) is 11.0 Å². The van der Waals surface area contributed by atoms with Gasteiger partial charge < -0.3 is 30.4 Å². The molecule has 2 aromatic heterocycles. The number of aliphatic carboxylic acids is 1. The summed E-state index contributed by atoms with van der Waals surface area (Å²) in [4.78, 5) is 71.9. The molecule has 2 aliphatic heterocycles. The molecule has 0 radical (unpaired) electrons. The number of rotatable bonds is 6. The third-order valence-electron chi connectivity index (χ3n) is 6.52. The van der Waals surface area contributed by atoms with Gasteiger partial charge in [-0.1, -0.05) is 30.3 Å². The van der Waals surface area contributed by atoms with Crippen molar-refractivity contribution in [3.05, 3.63) is 76.2 Å². The van der Waals surface area contributed by atoms with Gasteiger partial charge in [-0.3, -0.25) is 24.2 Å². The maximum atomic E-state index is 13.4. The van der Waals surface area contributed by atoms with Gasteiger partial charge in [-0.15, -0.1) is 11.8 Å². The van der Waals surface area contributed by atoms with E-state index in [-0.39, 0.29) is 40.6 Å². The molecule has 1 aromatic carbocycles. The Hall–Kier alpha value is -3.19. The number of thioether (sulfide) groups is 1. The topological polar surface area (TPSA) is 164 Å². The molecule has 190 valence electrons. The summed E-state index contributed by atoms with van der Waals surface area (Å²) >= 11 is 1.26. The summed E-state index contributed by atoms with van der Waals surface area (Å²) in [6.07, 6.45) is 2.69. The SMILES string of the molecule is CC1(C)S[C@@H]2[C@H](NC(=O)[C@H](NC(=O)c3c[nH]c4cccnc4c3=O)c3ccccc3)C(=O)N2[C@H]1C(=O)[O-].[Na+]. The number of aromatic amines is 1. The van der Waals surface area contributed by atoms with Crippen molar-refractivity contribution in [3.63, 3.8) is 0 Å². The van der Waals surface area contributed by atoms with Crippen LogP contribution in [0.2, 0.25) is 0 Å². The molecule has 38 heavy (non-hydrogen) atoms. The summed E-state index contributed by atoms with van der Waals surface area (Å²) in [6.45, 7) is 3.40. The van der Waals surface area contributed by atoms with Crippen molar-refractivity contribution in [1.29, 1.82) is 0 Å². The molecule has 0 saturated carbocycles. The number of aromatic nitrogens is 2. The molecule has 5 rings (SSSR count). The first-order chi connectivity index (χ1) is 17.6. The average molecular weight is 544 g/mol. The fraction of sp³-hybridized carbons (Fsp3) is 0.280. The fourth-order valence-corrected chi connectivity index (χ4v) is 6.35. The van der Waals surface area contributed by atoms with Gasteiger partial charge in [0.05, 0.1) is 17.5 Å². The number of β-lactam (4-membered cyclic amide) rings is 1. The molecule has 13 heteroatoms. The van der Waals surface area contributed by atoms with Crippen LogP contribution in [0.3, 0.4) is 0 Å². The minimum atomic E-state index is -1.36. The normalized spacial score (nSPS) is 22.0. The predicted octanol–water partition coefficient (Wildman–Crippen LogP) is -3.30. The Labute approximate surface area is 243 Å². The second kappa shape index (κ2) is 10.5. The average Bonchev–Trinajstić information content (AvgIpc) is 3.14. The molecular formula is C25H22N5NaO6S. The van der Waals surface area contributed by atoms with Crippen LogP contribution in [0.4, 0.5) is 0 Å². The minimum Gasteiger partial charge on any atom is -0.548 e. The zero-order valence-electron chi connectivity index (χ0n) is 20.8. The number of hydrogen-bond acceptors (Lipinski definition) is 8. The van der Waals surface area contributed by atoms with E-state index in [1.165, 1.54) is 29.1 Å². The van der Waals surface area contributed by atoms with Crippen LogP contribution in [-0.2, 0) is 14.4 Å². The van der Waals surface area contributed by atoms with Gasteiger partial charge in [0.25, 0.3) is 5.91 Å².